The highest BCUT2D eigenvalue weighted by atomic mass is 35.5. The van der Waals surface area contributed by atoms with Gasteiger partial charge in [0.1, 0.15) is 5.65 Å². The Labute approximate surface area is 233 Å². The highest BCUT2D eigenvalue weighted by Crippen LogP contribution is 2.32. The number of aromatic nitrogens is 4. The molecule has 4 aromatic rings. The van der Waals surface area contributed by atoms with Crippen LogP contribution in [0.4, 0.5) is 4.79 Å². The third-order valence-electron chi connectivity index (χ3n) is 6.31. The number of hydrogen-bond acceptors (Lipinski definition) is 8. The summed E-state index contributed by atoms with van der Waals surface area (Å²) in [4.78, 5) is 38.3. The maximum absolute atomic E-state index is 13.8. The summed E-state index contributed by atoms with van der Waals surface area (Å²) in [5.74, 6) is 0. The minimum atomic E-state index is -1.13. The lowest BCUT2D eigenvalue weighted by atomic mass is 10.0. The van der Waals surface area contributed by atoms with E-state index in [9.17, 15) is 9.59 Å². The molecule has 1 aromatic carbocycles. The molecule has 0 spiro atoms. The second-order valence-electron chi connectivity index (χ2n) is 9.04. The molecule has 12 heteroatoms. The average Bonchev–Trinajstić information content (AvgIpc) is 2.92. The fraction of sp³-hybridized carbons (Fsp3) is 0.296. The molecule has 5 rings (SSSR count). The van der Waals surface area contributed by atoms with E-state index in [-0.39, 0.29) is 25.3 Å². The van der Waals surface area contributed by atoms with E-state index >= 15 is 0 Å². The van der Waals surface area contributed by atoms with Crippen molar-refractivity contribution in [2.24, 2.45) is 0 Å². The van der Waals surface area contributed by atoms with Gasteiger partial charge in [0.05, 0.1) is 24.9 Å². The van der Waals surface area contributed by atoms with Gasteiger partial charge in [-0.05, 0) is 37.4 Å². The third kappa shape index (κ3) is 6.06. The van der Waals surface area contributed by atoms with E-state index in [0.29, 0.717) is 38.8 Å². The molecule has 1 amide bonds. The molecule has 10 nitrogen and oxygen atoms in total. The highest BCUT2D eigenvalue weighted by Gasteiger charge is 2.24. The van der Waals surface area contributed by atoms with Crippen molar-refractivity contribution in [2.75, 3.05) is 19.5 Å². The fourth-order valence-electron chi connectivity index (χ4n) is 4.44. The molecule has 0 unspecified atom stereocenters. The fourth-order valence-corrected chi connectivity index (χ4v) is 5.06. The predicted molar refractivity (Wildman–Crippen MR) is 149 cm³/mol. The minimum Gasteiger partial charge on any atom is -0.465 e. The van der Waals surface area contributed by atoms with Crippen LogP contribution in [0.3, 0.4) is 0 Å². The molecule has 1 fully saturated rings. The number of ether oxygens (including phenoxy) is 2. The first-order valence-electron chi connectivity index (χ1n) is 12.2. The van der Waals surface area contributed by atoms with Gasteiger partial charge in [-0.3, -0.25) is 14.3 Å². The number of carboxylic acid groups (broad SMARTS) is 1. The van der Waals surface area contributed by atoms with Gasteiger partial charge >= 0.3 is 6.09 Å². The number of nitrogens with zero attached hydrogens (tertiary/aromatic N) is 4. The quantitative estimate of drug-likeness (QED) is 0.243. The number of nitrogens with one attached hydrogen (secondary N) is 1. The molecule has 0 saturated carbocycles. The maximum Gasteiger partial charge on any atom is 0.405 e. The Kier molecular flexibility index (Phi) is 8.12. The normalized spacial score (nSPS) is 17.3. The van der Waals surface area contributed by atoms with Crippen LogP contribution in [0.15, 0.2) is 58.6 Å². The Bertz CT molecular complexity index is 1590. The molecule has 1 saturated heterocycles. The Morgan fingerprint density at radius 1 is 1.18 bits per heavy atom. The van der Waals surface area contributed by atoms with Gasteiger partial charge < -0.3 is 19.9 Å². The van der Waals surface area contributed by atoms with E-state index in [4.69, 9.17) is 26.2 Å². The van der Waals surface area contributed by atoms with Crippen LogP contribution in [0, 0.1) is 6.92 Å². The summed E-state index contributed by atoms with van der Waals surface area (Å²) in [6.07, 6.45) is 2.21. The van der Waals surface area contributed by atoms with E-state index < -0.39 is 18.4 Å². The van der Waals surface area contributed by atoms with Crippen LogP contribution >= 0.6 is 23.4 Å². The number of benzene rings is 1. The molecule has 3 aromatic heterocycles. The number of pyridine rings is 2. The van der Waals surface area contributed by atoms with E-state index in [1.807, 2.05) is 49.6 Å². The van der Waals surface area contributed by atoms with Gasteiger partial charge in [0, 0.05) is 52.0 Å². The smallest absolute Gasteiger partial charge is 0.405 e. The number of halogens is 1. The van der Waals surface area contributed by atoms with Crippen LogP contribution in [-0.4, -0.2) is 62.5 Å². The highest BCUT2D eigenvalue weighted by molar-refractivity contribution is 7.98. The number of rotatable bonds is 7. The molecule has 0 aliphatic carbocycles. The zero-order valence-electron chi connectivity index (χ0n) is 21.3. The molecule has 0 atom stereocenters. The van der Waals surface area contributed by atoms with E-state index in [1.54, 1.807) is 16.8 Å². The number of hydrogen-bond donors (Lipinski definition) is 2. The summed E-state index contributed by atoms with van der Waals surface area (Å²) in [5.41, 5.74) is 3.81. The predicted octanol–water partition coefficient (Wildman–Crippen LogP) is 4.60. The first-order chi connectivity index (χ1) is 18.8. The number of fused-ring (bicyclic) bond motifs is 1. The van der Waals surface area contributed by atoms with Crippen LogP contribution in [0.5, 0.6) is 0 Å². The third-order valence-corrected chi connectivity index (χ3v) is 7.19. The van der Waals surface area contributed by atoms with Gasteiger partial charge in [-0.2, -0.15) is 0 Å². The average molecular weight is 568 g/mol. The Balaban J connectivity index is 1.48. The number of amides is 1. The summed E-state index contributed by atoms with van der Waals surface area (Å²) in [6, 6.07) is 12.6. The Hall–Kier alpha value is -3.51. The summed E-state index contributed by atoms with van der Waals surface area (Å²) >= 11 is 8.11. The zero-order chi connectivity index (χ0) is 27.5. The van der Waals surface area contributed by atoms with Crippen molar-refractivity contribution in [3.8, 4) is 22.4 Å². The monoisotopic (exact) mass is 567 g/mol. The van der Waals surface area contributed by atoms with Crippen LogP contribution in [-0.2, 0) is 16.0 Å². The van der Waals surface area contributed by atoms with Gasteiger partial charge in [-0.15, -0.1) is 0 Å². The lowest BCUT2D eigenvalue weighted by molar-refractivity contribution is -0.192. The summed E-state index contributed by atoms with van der Waals surface area (Å²) in [6.45, 7) is 2.56. The SMILES string of the molecule is CSc1ncc2cc(-c3ccc(-c4cccc(C)n4)cc3Cl)c(=O)n(CC[C@H]3OC[C@@H](NC(=O)O)CO3)c2n1. The standard InChI is InChI=1S/C27H26ClN5O5S/c1-15-4-3-5-22(30-15)16-6-7-19(21(28)11-16)20-10-17-12-29-26(39-2)32-24(17)33(25(20)34)9-8-23-37-13-18(14-38-23)31-27(35)36/h3-7,10-12,18,23,31H,8-9,13-14H2,1-2H3,(H,35,36)/t18-,23+. The largest absolute Gasteiger partial charge is 0.465 e. The topological polar surface area (TPSA) is 128 Å². The summed E-state index contributed by atoms with van der Waals surface area (Å²) < 4.78 is 13.0. The van der Waals surface area contributed by atoms with Crippen molar-refractivity contribution in [3.05, 3.63) is 69.7 Å². The Morgan fingerprint density at radius 3 is 2.67 bits per heavy atom. The molecule has 1 aliphatic rings. The van der Waals surface area contributed by atoms with Gasteiger partial charge in [0.15, 0.2) is 11.4 Å². The molecule has 0 radical (unpaired) electrons. The maximum atomic E-state index is 13.8. The van der Waals surface area contributed by atoms with Crippen molar-refractivity contribution in [3.63, 3.8) is 0 Å². The van der Waals surface area contributed by atoms with Crippen LogP contribution < -0.4 is 10.9 Å². The van der Waals surface area contributed by atoms with Crippen LogP contribution in [0.2, 0.25) is 5.02 Å². The van der Waals surface area contributed by atoms with Crippen LogP contribution in [0.1, 0.15) is 12.1 Å². The number of thioether (sulfide) groups is 1. The second-order valence-corrected chi connectivity index (χ2v) is 10.2. The summed E-state index contributed by atoms with van der Waals surface area (Å²) in [7, 11) is 0. The Morgan fingerprint density at radius 2 is 1.97 bits per heavy atom. The second kappa shape index (κ2) is 11.7. The number of carbonyl (C=O) groups is 1. The molecule has 39 heavy (non-hydrogen) atoms. The van der Waals surface area contributed by atoms with Crippen molar-refractivity contribution >= 4 is 40.5 Å². The first kappa shape index (κ1) is 27.1. The van der Waals surface area contributed by atoms with Gasteiger partial charge in [-0.1, -0.05) is 41.6 Å². The van der Waals surface area contributed by atoms with E-state index in [0.717, 1.165) is 17.0 Å². The lowest BCUT2D eigenvalue weighted by Gasteiger charge is -2.29. The molecule has 2 N–H and O–H groups in total. The molecule has 4 heterocycles. The van der Waals surface area contributed by atoms with Crippen molar-refractivity contribution in [1.82, 2.24) is 24.8 Å². The lowest BCUT2D eigenvalue weighted by Crippen LogP contribution is -2.46. The van der Waals surface area contributed by atoms with Gasteiger partial charge in [0.2, 0.25) is 0 Å². The minimum absolute atomic E-state index is 0.184. The summed E-state index contributed by atoms with van der Waals surface area (Å²) in [5, 5.41) is 12.9. The van der Waals surface area contributed by atoms with Gasteiger partial charge in [0.25, 0.3) is 5.56 Å². The van der Waals surface area contributed by atoms with Crippen molar-refractivity contribution < 1.29 is 19.4 Å². The molecule has 0 bridgehead atoms. The van der Waals surface area contributed by atoms with E-state index in [1.165, 1.54) is 11.8 Å². The molecule has 1 aliphatic heterocycles. The molecule has 202 valence electrons. The van der Waals surface area contributed by atoms with Crippen LogP contribution in [0.25, 0.3) is 33.4 Å². The molecular weight excluding hydrogens is 542 g/mol. The van der Waals surface area contributed by atoms with Gasteiger partial charge in [-0.25, -0.2) is 14.8 Å². The first-order valence-corrected chi connectivity index (χ1v) is 13.8. The van der Waals surface area contributed by atoms with Crippen molar-refractivity contribution in [2.45, 2.75) is 37.4 Å². The van der Waals surface area contributed by atoms with Crippen molar-refractivity contribution in [1.29, 1.82) is 0 Å². The zero-order valence-corrected chi connectivity index (χ0v) is 22.8. The number of aryl methyl sites for hydroxylation is 2. The van der Waals surface area contributed by atoms with E-state index in [2.05, 4.69) is 20.3 Å². The molecular formula is C27H26ClN5O5S.